The lowest BCUT2D eigenvalue weighted by atomic mass is 9.95. The van der Waals surface area contributed by atoms with Gasteiger partial charge in [-0.1, -0.05) is 73.5 Å². The largest absolute Gasteiger partial charge is 0.497 e. The quantitative estimate of drug-likeness (QED) is 0.0413. The van der Waals surface area contributed by atoms with Gasteiger partial charge in [0, 0.05) is 108 Å². The van der Waals surface area contributed by atoms with E-state index in [2.05, 4.69) is 42.5 Å². The summed E-state index contributed by atoms with van der Waals surface area (Å²) < 4.78 is 41.5. The van der Waals surface area contributed by atoms with Gasteiger partial charge in [-0.25, -0.2) is 4.39 Å². The molecule has 5 aromatic rings. The number of hydrogen-bond acceptors (Lipinski definition) is 16. The fourth-order valence-electron chi connectivity index (χ4n) is 14.9. The minimum Gasteiger partial charge on any atom is -0.497 e. The van der Waals surface area contributed by atoms with Crippen LogP contribution in [0.5, 0.6) is 5.75 Å². The Bertz CT molecular complexity index is 4110. The highest BCUT2D eigenvalue weighted by molar-refractivity contribution is 6.00. The molecule has 1 aromatic heterocycles. The van der Waals surface area contributed by atoms with E-state index in [1.807, 2.05) is 50.0 Å². The summed E-state index contributed by atoms with van der Waals surface area (Å²) in [5.41, 5.74) is 2.92. The molecule has 0 unspecified atom stereocenters. The Morgan fingerprint density at radius 2 is 1.41 bits per heavy atom. The molecule has 0 radical (unpaired) electrons. The Labute approximate surface area is 654 Å². The van der Waals surface area contributed by atoms with Crippen molar-refractivity contribution in [2.75, 3.05) is 101 Å². The number of aliphatic hydroxyl groups is 1. The van der Waals surface area contributed by atoms with Gasteiger partial charge in [0.1, 0.15) is 66.5 Å². The molecule has 29 nitrogen and oxygen atoms in total. The zero-order valence-electron chi connectivity index (χ0n) is 65.5. The fraction of sp³-hybridized carbons (Fsp3) is 0.537. The van der Waals surface area contributed by atoms with E-state index in [0.717, 1.165) is 22.6 Å². The molecular weight excluding hydrogens is 1440 g/mol. The number of carbonyl (C=O) groups excluding carboxylic acids is 11. The minimum absolute atomic E-state index is 0. The smallest absolute Gasteiger partial charge is 0.246 e. The van der Waals surface area contributed by atoms with E-state index in [9.17, 15) is 29.1 Å². The summed E-state index contributed by atoms with van der Waals surface area (Å²) in [6, 6.07) is 15.8. The number of quaternary nitrogens is 1. The van der Waals surface area contributed by atoms with Gasteiger partial charge in [-0.3, -0.25) is 52.7 Å². The van der Waals surface area contributed by atoms with Gasteiger partial charge in [-0.2, -0.15) is 0 Å². The standard InChI is InChI=1S/C81H108FN13O16.CH3/c1-52(96)72-76(103)89-63(43-54-22-25-60(108-6)26-23-54)79(106)94-35-13-31-81(94,2)80(107)83-32-28-53-18-20-55(21-19-53)49-92-34-10-8-7-9-33-91-50-58(61-46-59(82)24-27-66(61)91)45-64-78(105)93-36-29-67(73(93)77(104)90-72)111-51-70(99)84-47-57-15-11-14-56(42-57)44-62(74(101)88-64)87-75(102)65(86-69(98)16-12-17-71(92)100)48-85-68(97)30-38-109-40-41-110-39-37-95(3,4)5;/h11,14-15,18-27,42,46,50,52,62-65,67,72-73,96H,7-10,12-13,16-17,28-41,43-45,47-49,51H2,1-6H3,(H7-,83,84,85,86,87,88,89,90,97,98,99,101,102,103,104,107);1H3/q;-1/p+1/t52-,62+,63+,64+,65-,67+,72+,73+,81+;/m1./s1. The third kappa shape index (κ3) is 23.8. The molecule has 12 bridgehead atoms. The topological polar surface area (TPSA) is 356 Å². The number of nitrogens with one attached hydrogen (secondary N) is 8. The van der Waals surface area contributed by atoms with Gasteiger partial charge in [-0.15, -0.1) is 0 Å². The molecule has 2 saturated heterocycles. The number of benzene rings is 4. The van der Waals surface area contributed by atoms with E-state index in [0.29, 0.717) is 108 Å². The highest BCUT2D eigenvalue weighted by Crippen LogP contribution is 2.32. The van der Waals surface area contributed by atoms with Gasteiger partial charge in [0.05, 0.1) is 66.9 Å². The number of aryl methyl sites for hydroxylation is 1. The van der Waals surface area contributed by atoms with Crippen LogP contribution in [0, 0.1) is 13.2 Å². The Morgan fingerprint density at radius 3 is 2.15 bits per heavy atom. The highest BCUT2D eigenvalue weighted by atomic mass is 19.1. The molecule has 608 valence electrons. The summed E-state index contributed by atoms with van der Waals surface area (Å²) in [5, 5.41) is 34.6. The van der Waals surface area contributed by atoms with E-state index >= 15 is 33.2 Å². The predicted molar refractivity (Wildman–Crippen MR) is 414 cm³/mol. The Kier molecular flexibility index (Phi) is 31.2. The number of methoxy groups -OCH3 is 1. The van der Waals surface area contributed by atoms with Gasteiger partial charge in [0.15, 0.2) is 0 Å². The second-order valence-electron chi connectivity index (χ2n) is 30.8. The first-order valence-electron chi connectivity index (χ1n) is 38.8. The van der Waals surface area contributed by atoms with Crippen LogP contribution in [0.1, 0.15) is 118 Å². The molecule has 11 amide bonds. The van der Waals surface area contributed by atoms with Crippen molar-refractivity contribution in [3.05, 3.63) is 144 Å². The molecule has 0 saturated carbocycles. The molecule has 4 aromatic carbocycles. The van der Waals surface area contributed by atoms with E-state index in [-0.39, 0.29) is 117 Å². The van der Waals surface area contributed by atoms with Crippen molar-refractivity contribution in [2.24, 2.45) is 0 Å². The maximum absolute atomic E-state index is 16.2. The first-order valence-corrected chi connectivity index (χ1v) is 38.8. The highest BCUT2D eigenvalue weighted by Gasteiger charge is 2.50. The van der Waals surface area contributed by atoms with Gasteiger partial charge in [0.25, 0.3) is 0 Å². The molecule has 0 aliphatic carbocycles. The minimum atomic E-state index is -1.84. The molecule has 6 aliphatic rings. The summed E-state index contributed by atoms with van der Waals surface area (Å²) in [6.07, 6.45) is 1.41. The molecule has 9 atom stereocenters. The zero-order valence-corrected chi connectivity index (χ0v) is 65.5. The number of fused-ring (bicyclic) bond motifs is 16. The van der Waals surface area contributed by atoms with Crippen molar-refractivity contribution in [2.45, 2.75) is 184 Å². The first kappa shape index (κ1) is 86.1. The van der Waals surface area contributed by atoms with Crippen molar-refractivity contribution < 1.29 is 85.7 Å². The van der Waals surface area contributed by atoms with Crippen LogP contribution in [0.25, 0.3) is 10.9 Å². The number of ether oxygens (including phenoxy) is 4. The van der Waals surface area contributed by atoms with Crippen molar-refractivity contribution in [1.29, 1.82) is 0 Å². The lowest BCUT2D eigenvalue weighted by Gasteiger charge is -2.37. The Morgan fingerprint density at radius 1 is 0.688 bits per heavy atom. The van der Waals surface area contributed by atoms with Crippen LogP contribution in [0.2, 0.25) is 0 Å². The second-order valence-corrected chi connectivity index (χ2v) is 30.8. The SMILES string of the molecule is COc1ccc(C[C@@H]2NC(=O)[C@H]([C@@H](C)O)NC(=O)[C@@H]3[C@@H]4CCN3C(=O)[C@@H]3Cc5cn(c6ccc(F)cc56)CCCCCCN(Cc5ccc(cc5)CCNC(=O)[C@]5(C)CCCN5C2=O)C(=O)CCCC(=O)N[C@H](CNC(=O)CCOCCOCC[N+](C)(C)C)C(=O)N[C@@H](Cc2cccc(c2)CNC(=O)CO4)C(=O)N3)cc1.[CH3-]. The van der Waals surface area contributed by atoms with Crippen LogP contribution in [0.15, 0.2) is 97.2 Å². The third-order valence-electron chi connectivity index (χ3n) is 21.2. The maximum atomic E-state index is 16.2. The number of carbonyl (C=O) groups is 11. The number of nitrogens with zero attached hydrogens (tertiary/aromatic N) is 5. The molecule has 6 aliphatic heterocycles. The molecule has 7 heterocycles. The van der Waals surface area contributed by atoms with Crippen molar-refractivity contribution in [3.8, 4) is 5.75 Å². The number of halogens is 1. The number of hydrogen-bond donors (Lipinski definition) is 9. The normalized spacial score (nSPS) is 24.0. The molecule has 112 heavy (non-hydrogen) atoms. The van der Waals surface area contributed by atoms with E-state index < -0.39 is 132 Å². The summed E-state index contributed by atoms with van der Waals surface area (Å²) in [5.74, 6) is -7.96. The van der Waals surface area contributed by atoms with Crippen LogP contribution in [-0.4, -0.2) is 248 Å². The van der Waals surface area contributed by atoms with Gasteiger partial charge in [0.2, 0.25) is 65.0 Å². The molecule has 2 fully saturated rings. The predicted octanol–water partition coefficient (Wildman–Crippen LogP) is 2.76. The summed E-state index contributed by atoms with van der Waals surface area (Å²) in [4.78, 5) is 168. The van der Waals surface area contributed by atoms with E-state index in [1.54, 1.807) is 72.6 Å². The number of aliphatic hydroxyl groups excluding tert-OH is 1. The first-order chi connectivity index (χ1) is 53.2. The Balaban J connectivity index is 0.0000144. The Hall–Kier alpha value is -9.88. The molecule has 9 N–H and O–H groups in total. The number of likely N-dealkylation sites (N-methyl/N-ethyl adjacent to an activating group) is 1. The van der Waals surface area contributed by atoms with Crippen molar-refractivity contribution >= 4 is 75.9 Å². The fourth-order valence-corrected chi connectivity index (χ4v) is 14.9. The van der Waals surface area contributed by atoms with Crippen molar-refractivity contribution in [1.82, 2.24) is 61.8 Å². The zero-order chi connectivity index (χ0) is 79.4. The van der Waals surface area contributed by atoms with Gasteiger partial charge < -0.3 is 97.8 Å². The van der Waals surface area contributed by atoms with Crippen LogP contribution in [-0.2, 0) is 112 Å². The number of rotatable bonds is 15. The van der Waals surface area contributed by atoms with Crippen molar-refractivity contribution in [3.63, 3.8) is 0 Å². The molecule has 30 heteroatoms. The summed E-state index contributed by atoms with van der Waals surface area (Å²) >= 11 is 0. The average Bonchev–Trinajstić information content (AvgIpc) is 1.61. The summed E-state index contributed by atoms with van der Waals surface area (Å²) in [7, 11) is 7.64. The second kappa shape index (κ2) is 40.5. The molecule has 0 spiro atoms. The van der Waals surface area contributed by atoms with Gasteiger partial charge in [-0.05, 0) is 123 Å². The number of amides is 11. The third-order valence-corrected chi connectivity index (χ3v) is 21.2. The lowest BCUT2D eigenvalue weighted by molar-refractivity contribution is -0.870. The van der Waals surface area contributed by atoms with E-state index in [1.165, 1.54) is 31.1 Å². The van der Waals surface area contributed by atoms with Gasteiger partial charge >= 0.3 is 0 Å². The van der Waals surface area contributed by atoms with Crippen LogP contribution in [0.4, 0.5) is 4.39 Å². The van der Waals surface area contributed by atoms with Crippen LogP contribution in [0.3, 0.4) is 0 Å². The van der Waals surface area contributed by atoms with Crippen LogP contribution < -0.4 is 47.3 Å². The lowest BCUT2D eigenvalue weighted by Crippen LogP contribution is -2.64. The van der Waals surface area contributed by atoms with E-state index in [4.69, 9.17) is 18.9 Å². The average molecular weight is 1550 g/mol. The number of aromatic nitrogens is 1. The monoisotopic (exact) mass is 1550 g/mol. The van der Waals surface area contributed by atoms with Crippen LogP contribution >= 0.6 is 0 Å². The molecular formula is C82H112FN13O16. The maximum Gasteiger partial charge on any atom is 0.246 e. The molecule has 11 rings (SSSR count). The summed E-state index contributed by atoms with van der Waals surface area (Å²) in [6.45, 7) is 4.65.